The number of thiophene rings is 1. The van der Waals surface area contributed by atoms with Gasteiger partial charge in [-0.15, -0.1) is 11.3 Å². The van der Waals surface area contributed by atoms with Crippen molar-refractivity contribution in [2.75, 3.05) is 39.3 Å². The molecule has 0 radical (unpaired) electrons. The lowest BCUT2D eigenvalue weighted by Gasteiger charge is -2.38. The number of urea groups is 1. The summed E-state index contributed by atoms with van der Waals surface area (Å²) in [6.45, 7) is 9.69. The Kier molecular flexibility index (Phi) is 19.4. The van der Waals surface area contributed by atoms with Crippen LogP contribution in [0.2, 0.25) is 0 Å². The highest BCUT2D eigenvalue weighted by Crippen LogP contribution is 2.59. The van der Waals surface area contributed by atoms with Crippen LogP contribution in [0.25, 0.3) is 10.1 Å². The minimum atomic E-state index is -5.88. The zero-order valence-corrected chi connectivity index (χ0v) is 50.6. The Labute approximate surface area is 506 Å². The number of nitrogens with zero attached hydrogens (tertiary/aromatic N) is 4. The summed E-state index contributed by atoms with van der Waals surface area (Å²) in [4.78, 5) is 148. The minimum absolute atomic E-state index is 0.0290. The molecule has 9 rings (SSSR count). The lowest BCUT2D eigenvalue weighted by molar-refractivity contribution is -0.144. The van der Waals surface area contributed by atoms with Gasteiger partial charge < -0.3 is 56.4 Å². The van der Waals surface area contributed by atoms with Gasteiger partial charge in [0.15, 0.2) is 0 Å². The molecule has 0 spiro atoms. The van der Waals surface area contributed by atoms with E-state index in [2.05, 4.69) is 59.2 Å². The van der Waals surface area contributed by atoms with E-state index in [1.807, 2.05) is 42.2 Å². The normalized spacial score (nSPS) is 21.2. The van der Waals surface area contributed by atoms with Crippen LogP contribution in [-0.4, -0.2) is 158 Å². The molecule has 22 nitrogen and oxygen atoms in total. The van der Waals surface area contributed by atoms with Crippen molar-refractivity contribution in [3.63, 3.8) is 0 Å². The van der Waals surface area contributed by atoms with E-state index in [-0.39, 0.29) is 78.1 Å². The molecule has 1 aromatic heterocycles. The number of piperidine rings is 2. The molecule has 9 N–H and O–H groups in total. The minimum Gasteiger partial charge on any atom is -0.352 e. The first-order valence-electron chi connectivity index (χ1n) is 29.3. The Morgan fingerprint density at radius 3 is 2.29 bits per heavy atom. The molecule has 5 aliphatic heterocycles. The number of benzene rings is 3. The Morgan fingerprint density at radius 1 is 0.885 bits per heavy atom. The van der Waals surface area contributed by atoms with Crippen molar-refractivity contribution in [2.24, 2.45) is 11.7 Å². The SMILES string of the molecule is CCN1CC[C@H]2CC[C@@H](C(=O)N[C@@H](CNC(N)=O)C(=O)N[C@@H](Cc3ccc(C(C)(C)C)cc3)C(=O)N3CCC(CCC#Cc4cccc5c4CN(C4CCC(=O)NC4=O)C5=O)CC3)N2C(=O)[C@@H](NC(=O)c2cc3cc(C(F)(F)P(=O)(O)O)ccc3s2)C1. The van der Waals surface area contributed by atoms with E-state index in [0.717, 1.165) is 46.6 Å². The van der Waals surface area contributed by atoms with E-state index < -0.39 is 97.2 Å². The van der Waals surface area contributed by atoms with Gasteiger partial charge in [-0.05, 0) is 115 Å². The average molecular weight is 1240 g/mol. The number of imide groups is 1. The number of alkyl halides is 2. The predicted molar refractivity (Wildman–Crippen MR) is 318 cm³/mol. The first-order valence-corrected chi connectivity index (χ1v) is 31.7. The summed E-state index contributed by atoms with van der Waals surface area (Å²) in [5.41, 5.74) is 3.63. The highest BCUT2D eigenvalue weighted by atomic mass is 32.1. The van der Waals surface area contributed by atoms with E-state index in [9.17, 15) is 66.3 Å². The van der Waals surface area contributed by atoms with Gasteiger partial charge in [-0.1, -0.05) is 75.9 Å². The summed E-state index contributed by atoms with van der Waals surface area (Å²) >= 11 is 0.924. The van der Waals surface area contributed by atoms with Gasteiger partial charge in [0.2, 0.25) is 35.4 Å². The van der Waals surface area contributed by atoms with Gasteiger partial charge >= 0.3 is 19.3 Å². The van der Waals surface area contributed by atoms with Gasteiger partial charge in [0, 0.05) is 86.0 Å². The van der Waals surface area contributed by atoms with Crippen molar-refractivity contribution < 1.29 is 66.3 Å². The first-order chi connectivity index (χ1) is 41.2. The molecule has 6 atom stereocenters. The second-order valence-corrected chi connectivity index (χ2v) is 26.7. The van der Waals surface area contributed by atoms with E-state index in [4.69, 9.17) is 5.73 Å². The first kappa shape index (κ1) is 63.9. The summed E-state index contributed by atoms with van der Waals surface area (Å²) in [6.07, 6.45) is 4.15. The predicted octanol–water partition coefficient (Wildman–Crippen LogP) is 4.32. The average Bonchev–Trinajstić information content (AvgIpc) is 1.80. The van der Waals surface area contributed by atoms with Gasteiger partial charge in [-0.2, -0.15) is 8.78 Å². The number of nitrogens with two attached hydrogens (primary N) is 1. The third kappa shape index (κ3) is 14.5. The molecule has 0 saturated carbocycles. The molecule has 3 aromatic carbocycles. The van der Waals surface area contributed by atoms with E-state index >= 15 is 0 Å². The lowest BCUT2D eigenvalue weighted by Crippen LogP contribution is -2.63. The van der Waals surface area contributed by atoms with Crippen LogP contribution < -0.4 is 32.3 Å². The monoisotopic (exact) mass is 1240 g/mol. The molecule has 0 aliphatic carbocycles. The van der Waals surface area contributed by atoms with E-state index in [0.29, 0.717) is 74.1 Å². The molecule has 464 valence electrons. The molecule has 1 unspecified atom stereocenters. The standard InChI is InChI=1S/C61H73F2N10O12PS/c1-5-70-26-25-41-18-19-48(73(41)58(81)46(34-70)68-55(78)50-31-38-30-40(17-21-49(38)87-50)61(62,63)86(83,84)85)54(77)67-45(32-65-59(64)82)52(75)66-44(29-36-13-15-39(16-14-36)60(2,3)4)57(80)71-27-23-35(24-28-71)9-6-7-10-37-11-8-12-42-43(37)33-72(56(42)79)47-20-22-51(74)69-53(47)76/h8,11-17,21,30-31,35,41,44-48H,5-6,9,18-20,22-29,32-34H2,1-4H3,(H,66,75)(H,67,77)(H,68,78)(H3,64,65,82)(H,69,74,76)(H2,83,84,85)/t41-,44+,45+,46+,47?,48+/m1/s1. The number of halogens is 2. The van der Waals surface area contributed by atoms with Crippen molar-refractivity contribution in [2.45, 2.75) is 146 Å². The van der Waals surface area contributed by atoms with Crippen molar-refractivity contribution >= 4 is 82.3 Å². The van der Waals surface area contributed by atoms with Gasteiger partial charge in [0.05, 0.1) is 4.88 Å². The molecule has 4 saturated heterocycles. The lowest BCUT2D eigenvalue weighted by atomic mass is 9.86. The number of hydrogen-bond acceptors (Lipinski definition) is 12. The number of likely N-dealkylation sites (tertiary alicyclic amines) is 1. The largest absolute Gasteiger partial charge is 0.399 e. The fraction of sp³-hybridized carbons (Fsp3) is 0.492. The number of nitrogens with one attached hydrogen (secondary N) is 5. The Bertz CT molecular complexity index is 3480. The number of primary amides is 1. The molecule has 10 amide bonds. The van der Waals surface area contributed by atoms with Crippen LogP contribution in [0.15, 0.2) is 66.7 Å². The molecule has 6 heterocycles. The molecule has 87 heavy (non-hydrogen) atoms. The van der Waals surface area contributed by atoms with Gasteiger partial charge in [-0.25, -0.2) is 4.79 Å². The Hall–Kier alpha value is -7.62. The van der Waals surface area contributed by atoms with Crippen LogP contribution in [0, 0.1) is 17.8 Å². The molecule has 4 aromatic rings. The quantitative estimate of drug-likeness (QED) is 0.0416. The van der Waals surface area contributed by atoms with Crippen molar-refractivity contribution in [3.05, 3.63) is 105 Å². The van der Waals surface area contributed by atoms with E-state index in [1.54, 1.807) is 17.0 Å². The number of hydrogen-bond donors (Lipinski definition) is 8. The van der Waals surface area contributed by atoms with Crippen LogP contribution in [0.1, 0.15) is 133 Å². The molecular formula is C61H73F2N10O12PS. The maximum Gasteiger partial charge on any atom is 0.399 e. The fourth-order valence-electron chi connectivity index (χ4n) is 12.2. The third-order valence-corrected chi connectivity index (χ3v) is 19.3. The van der Waals surface area contributed by atoms with Crippen LogP contribution in [-0.2, 0) is 57.4 Å². The third-order valence-electron chi connectivity index (χ3n) is 17.2. The van der Waals surface area contributed by atoms with Crippen molar-refractivity contribution in [1.29, 1.82) is 0 Å². The number of rotatable bonds is 17. The zero-order chi connectivity index (χ0) is 62.7. The van der Waals surface area contributed by atoms with Gasteiger partial charge in [0.25, 0.3) is 11.8 Å². The fourth-order valence-corrected chi connectivity index (χ4v) is 13.6. The number of amides is 10. The molecule has 4 fully saturated rings. The molecule has 5 aliphatic rings. The molecule has 26 heteroatoms. The van der Waals surface area contributed by atoms with Crippen LogP contribution in [0.5, 0.6) is 0 Å². The number of likely N-dealkylation sites (N-methyl/N-ethyl adjacent to an activating group) is 1. The summed E-state index contributed by atoms with van der Waals surface area (Å²) in [5.74, 6) is 2.41. The summed E-state index contributed by atoms with van der Waals surface area (Å²) in [7, 11) is -5.88. The second kappa shape index (κ2) is 26.4. The molecule has 0 bridgehead atoms. The topological polar surface area (TPSA) is 310 Å². The highest BCUT2D eigenvalue weighted by Gasteiger charge is 2.51. The van der Waals surface area contributed by atoms with Gasteiger partial charge in [0.1, 0.15) is 30.2 Å². The Balaban J connectivity index is 0.865. The van der Waals surface area contributed by atoms with Crippen LogP contribution >= 0.6 is 18.9 Å². The number of carbonyl (C=O) groups excluding carboxylic acids is 9. The van der Waals surface area contributed by atoms with Crippen molar-refractivity contribution in [1.82, 2.24) is 46.2 Å². The highest BCUT2D eigenvalue weighted by molar-refractivity contribution is 7.52. The second-order valence-electron chi connectivity index (χ2n) is 24.0. The Morgan fingerprint density at radius 2 is 1.61 bits per heavy atom. The smallest absolute Gasteiger partial charge is 0.352 e. The van der Waals surface area contributed by atoms with Crippen LogP contribution in [0.4, 0.5) is 13.6 Å². The van der Waals surface area contributed by atoms with Crippen LogP contribution in [0.3, 0.4) is 0 Å². The maximum absolute atomic E-state index is 14.8. The van der Waals surface area contributed by atoms with E-state index in [1.165, 1.54) is 21.9 Å². The van der Waals surface area contributed by atoms with Gasteiger partial charge in [-0.3, -0.25) is 48.2 Å². The molecular weight excluding hydrogens is 1170 g/mol. The summed E-state index contributed by atoms with van der Waals surface area (Å²) in [5, 5.41) is 13.3. The zero-order valence-electron chi connectivity index (χ0n) is 48.9. The number of carbonyl (C=O) groups is 9. The summed E-state index contributed by atoms with van der Waals surface area (Å²) in [6, 6.07) is 10.2. The summed E-state index contributed by atoms with van der Waals surface area (Å²) < 4.78 is 41.2. The van der Waals surface area contributed by atoms with Crippen molar-refractivity contribution in [3.8, 4) is 11.8 Å². The number of fused-ring (bicyclic) bond motifs is 3. The maximum atomic E-state index is 14.8.